The maximum absolute atomic E-state index is 13.2. The zero-order valence-electron chi connectivity index (χ0n) is 14.6. The van der Waals surface area contributed by atoms with E-state index in [2.05, 4.69) is 4.98 Å². The van der Waals surface area contributed by atoms with Crippen molar-refractivity contribution in [3.63, 3.8) is 0 Å². The summed E-state index contributed by atoms with van der Waals surface area (Å²) in [5.41, 5.74) is 1.38. The predicted octanol–water partition coefficient (Wildman–Crippen LogP) is 4.94. The maximum Gasteiger partial charge on any atom is 0.339 e. The van der Waals surface area contributed by atoms with Crippen molar-refractivity contribution in [2.24, 2.45) is 0 Å². The van der Waals surface area contributed by atoms with Gasteiger partial charge in [0.1, 0.15) is 11.3 Å². The van der Waals surface area contributed by atoms with Crippen LogP contribution in [0.5, 0.6) is 5.75 Å². The van der Waals surface area contributed by atoms with Crippen LogP contribution in [0.2, 0.25) is 10.0 Å². The molecule has 0 amide bonds. The van der Waals surface area contributed by atoms with E-state index in [1.165, 1.54) is 18.2 Å². The normalized spacial score (nSPS) is 11.0. The molecule has 2 N–H and O–H groups in total. The second kappa shape index (κ2) is 7.24. The van der Waals surface area contributed by atoms with Gasteiger partial charge in [-0.15, -0.1) is 0 Å². The van der Waals surface area contributed by atoms with Gasteiger partial charge in [-0.1, -0.05) is 41.4 Å². The molecule has 144 valence electrons. The summed E-state index contributed by atoms with van der Waals surface area (Å²) in [6.45, 7) is 0. The quantitative estimate of drug-likeness (QED) is 0.450. The number of carbonyl (C=O) groups is 2. The lowest BCUT2D eigenvalue weighted by Gasteiger charge is -2.05. The molecule has 2 aromatic heterocycles. The van der Waals surface area contributed by atoms with E-state index in [0.29, 0.717) is 16.8 Å². The van der Waals surface area contributed by atoms with Crippen LogP contribution in [0, 0.1) is 0 Å². The number of ketones is 1. The number of aromatic carboxylic acids is 1. The van der Waals surface area contributed by atoms with Crippen LogP contribution >= 0.6 is 23.2 Å². The fourth-order valence-electron chi connectivity index (χ4n) is 3.10. The Morgan fingerprint density at radius 2 is 1.69 bits per heavy atom. The van der Waals surface area contributed by atoms with Gasteiger partial charge in [0.2, 0.25) is 5.78 Å². The number of phenols is 1. The van der Waals surface area contributed by atoms with Gasteiger partial charge in [0.05, 0.1) is 26.8 Å². The van der Waals surface area contributed by atoms with Crippen molar-refractivity contribution in [3.05, 3.63) is 87.8 Å². The largest absolute Gasteiger partial charge is 0.507 e. The first-order valence-electron chi connectivity index (χ1n) is 8.41. The van der Waals surface area contributed by atoms with Crippen molar-refractivity contribution in [3.8, 4) is 17.0 Å². The smallest absolute Gasteiger partial charge is 0.339 e. The Bertz CT molecular complexity index is 1280. The first kappa shape index (κ1) is 19.0. The van der Waals surface area contributed by atoms with E-state index in [9.17, 15) is 14.7 Å². The Kier molecular flexibility index (Phi) is 4.74. The molecular formula is C21H12Cl2N2O4. The highest BCUT2D eigenvalue weighted by atomic mass is 35.5. The second-order valence-corrected chi connectivity index (χ2v) is 7.02. The van der Waals surface area contributed by atoms with Gasteiger partial charge in [-0.25, -0.2) is 9.78 Å². The fraction of sp³-hybridized carbons (Fsp3) is 0. The minimum Gasteiger partial charge on any atom is -0.507 e. The Balaban J connectivity index is 1.92. The minimum absolute atomic E-state index is 0.0902. The first-order valence-corrected chi connectivity index (χ1v) is 9.16. The number of carboxylic acid groups (broad SMARTS) is 1. The van der Waals surface area contributed by atoms with E-state index in [4.69, 9.17) is 28.3 Å². The number of hydrogen-bond donors (Lipinski definition) is 2. The number of hydrogen-bond acceptors (Lipinski definition) is 4. The van der Waals surface area contributed by atoms with E-state index < -0.39 is 17.5 Å². The molecule has 29 heavy (non-hydrogen) atoms. The Morgan fingerprint density at radius 1 is 0.966 bits per heavy atom. The van der Waals surface area contributed by atoms with Gasteiger partial charge < -0.3 is 10.2 Å². The molecule has 0 radical (unpaired) electrons. The van der Waals surface area contributed by atoms with Gasteiger partial charge in [0.25, 0.3) is 0 Å². The Morgan fingerprint density at radius 3 is 2.34 bits per heavy atom. The third-order valence-electron chi connectivity index (χ3n) is 4.44. The number of aromatic hydroxyl groups is 1. The number of aromatic nitrogens is 2. The molecule has 0 saturated heterocycles. The summed E-state index contributed by atoms with van der Waals surface area (Å²) in [6.07, 6.45) is 1.68. The molecule has 0 atom stereocenters. The molecule has 6 nitrogen and oxygen atoms in total. The number of carbonyl (C=O) groups excluding carboxylic acids is 1. The number of pyridine rings is 1. The Hall–Kier alpha value is -3.35. The van der Waals surface area contributed by atoms with Crippen molar-refractivity contribution in [1.29, 1.82) is 0 Å². The molecule has 2 heterocycles. The highest BCUT2D eigenvalue weighted by Crippen LogP contribution is 2.32. The molecule has 0 bridgehead atoms. The van der Waals surface area contributed by atoms with Crippen molar-refractivity contribution < 1.29 is 19.8 Å². The highest BCUT2D eigenvalue weighted by Gasteiger charge is 2.24. The summed E-state index contributed by atoms with van der Waals surface area (Å²) >= 11 is 12.4. The lowest BCUT2D eigenvalue weighted by Crippen LogP contribution is -2.08. The van der Waals surface area contributed by atoms with E-state index in [-0.39, 0.29) is 27.0 Å². The summed E-state index contributed by atoms with van der Waals surface area (Å²) in [6, 6.07) is 14.2. The van der Waals surface area contributed by atoms with Gasteiger partial charge in [-0.05, 0) is 36.4 Å². The number of rotatable bonds is 4. The zero-order chi connectivity index (χ0) is 20.7. The zero-order valence-corrected chi connectivity index (χ0v) is 16.1. The van der Waals surface area contributed by atoms with Gasteiger partial charge in [-0.2, -0.15) is 0 Å². The number of carboxylic acids is 1. The van der Waals surface area contributed by atoms with Crippen LogP contribution < -0.4 is 0 Å². The summed E-state index contributed by atoms with van der Waals surface area (Å²) in [5, 5.41) is 19.6. The molecule has 0 fully saturated rings. The number of benzene rings is 2. The average molecular weight is 427 g/mol. The Labute approximate surface area is 174 Å². The molecule has 0 spiro atoms. The van der Waals surface area contributed by atoms with Crippen molar-refractivity contribution in [1.82, 2.24) is 9.38 Å². The molecule has 4 rings (SSSR count). The molecule has 8 heteroatoms. The third-order valence-corrected chi connectivity index (χ3v) is 5.07. The van der Waals surface area contributed by atoms with Gasteiger partial charge in [0, 0.05) is 11.8 Å². The summed E-state index contributed by atoms with van der Waals surface area (Å²) in [4.78, 5) is 28.8. The van der Waals surface area contributed by atoms with Crippen molar-refractivity contribution >= 4 is 40.5 Å². The van der Waals surface area contributed by atoms with Gasteiger partial charge >= 0.3 is 5.97 Å². The van der Waals surface area contributed by atoms with Crippen LogP contribution in [0.3, 0.4) is 0 Å². The van der Waals surface area contributed by atoms with E-state index >= 15 is 0 Å². The van der Waals surface area contributed by atoms with E-state index in [1.807, 2.05) is 0 Å². The van der Waals surface area contributed by atoms with E-state index in [0.717, 1.165) is 0 Å². The molecule has 2 aromatic carbocycles. The van der Waals surface area contributed by atoms with E-state index in [1.54, 1.807) is 47.0 Å². The fourth-order valence-corrected chi connectivity index (χ4v) is 3.67. The van der Waals surface area contributed by atoms with Crippen LogP contribution in [0.1, 0.15) is 26.5 Å². The third kappa shape index (κ3) is 3.22. The SMILES string of the molecule is O=C(O)c1ccc(-c2nc(C(=O)c3c(Cl)cccc3Cl)n3ccccc23)cc1O. The van der Waals surface area contributed by atoms with Crippen molar-refractivity contribution in [2.45, 2.75) is 0 Å². The monoisotopic (exact) mass is 426 g/mol. The highest BCUT2D eigenvalue weighted by molar-refractivity contribution is 6.40. The van der Waals surface area contributed by atoms with Gasteiger partial charge in [-0.3, -0.25) is 9.20 Å². The van der Waals surface area contributed by atoms with Crippen LogP contribution in [-0.2, 0) is 0 Å². The maximum atomic E-state index is 13.2. The second-order valence-electron chi connectivity index (χ2n) is 6.20. The van der Waals surface area contributed by atoms with Crippen LogP contribution in [0.4, 0.5) is 0 Å². The van der Waals surface area contributed by atoms with Gasteiger partial charge in [0.15, 0.2) is 5.82 Å². The topological polar surface area (TPSA) is 91.9 Å². The summed E-state index contributed by atoms with van der Waals surface area (Å²) < 4.78 is 1.60. The molecule has 0 unspecified atom stereocenters. The van der Waals surface area contributed by atoms with Crippen LogP contribution in [-0.4, -0.2) is 31.4 Å². The number of halogens is 2. The predicted molar refractivity (Wildman–Crippen MR) is 109 cm³/mol. The first-order chi connectivity index (χ1) is 13.9. The lowest BCUT2D eigenvalue weighted by molar-refractivity contribution is 0.0693. The summed E-state index contributed by atoms with van der Waals surface area (Å²) in [5.74, 6) is -2.01. The minimum atomic E-state index is -1.24. The number of imidazole rings is 1. The standard InChI is InChI=1S/C21H12Cl2N2O4/c22-13-4-3-5-14(23)17(13)19(27)20-24-18(15-6-1-2-9-25(15)20)11-7-8-12(21(28)29)16(26)10-11/h1-10,26H,(H,28,29). The molecule has 0 aliphatic rings. The molecule has 0 aliphatic carbocycles. The van der Waals surface area contributed by atoms with Crippen LogP contribution in [0.25, 0.3) is 16.8 Å². The lowest BCUT2D eigenvalue weighted by atomic mass is 10.1. The average Bonchev–Trinajstić information content (AvgIpc) is 3.07. The number of nitrogens with zero attached hydrogens (tertiary/aromatic N) is 2. The summed E-state index contributed by atoms with van der Waals surface area (Å²) in [7, 11) is 0. The molecule has 0 saturated carbocycles. The molecule has 0 aliphatic heterocycles. The molecular weight excluding hydrogens is 415 g/mol. The van der Waals surface area contributed by atoms with Crippen molar-refractivity contribution in [2.75, 3.05) is 0 Å². The van der Waals surface area contributed by atoms with Crippen LogP contribution in [0.15, 0.2) is 60.8 Å². The molecule has 4 aromatic rings. The number of fused-ring (bicyclic) bond motifs is 1.